The molecule has 0 aliphatic carbocycles. The molecule has 118 valence electrons. The maximum atomic E-state index is 12.7. The van der Waals surface area contributed by atoms with Crippen molar-refractivity contribution in [2.45, 2.75) is 45.1 Å². The van der Waals surface area contributed by atoms with Gasteiger partial charge in [0.25, 0.3) is 0 Å². The van der Waals surface area contributed by atoms with Gasteiger partial charge in [-0.1, -0.05) is 29.8 Å². The van der Waals surface area contributed by atoms with Gasteiger partial charge in [0, 0.05) is 17.1 Å². The van der Waals surface area contributed by atoms with Crippen LogP contribution in [0.3, 0.4) is 0 Å². The van der Waals surface area contributed by atoms with Crippen molar-refractivity contribution in [1.29, 1.82) is 0 Å². The van der Waals surface area contributed by atoms with Crippen molar-refractivity contribution in [3.63, 3.8) is 0 Å². The number of hydrogen-bond donors (Lipinski definition) is 1. The summed E-state index contributed by atoms with van der Waals surface area (Å²) in [5.41, 5.74) is 0.496. The van der Waals surface area contributed by atoms with Crippen LogP contribution in [-0.2, 0) is 10.0 Å². The van der Waals surface area contributed by atoms with Gasteiger partial charge in [0.2, 0.25) is 10.0 Å². The quantitative estimate of drug-likeness (QED) is 0.825. The van der Waals surface area contributed by atoms with E-state index in [1.807, 2.05) is 13.8 Å². The molecule has 1 N–H and O–H groups in total. The molecule has 0 saturated carbocycles. The molecule has 0 aliphatic rings. The van der Waals surface area contributed by atoms with Crippen molar-refractivity contribution in [3.8, 4) is 0 Å². The number of nitrogens with zero attached hydrogens (tertiary/aromatic N) is 1. The Kier molecular flexibility index (Phi) is 5.95. The SMILES string of the molecule is CCC(C)N(CC)S(=O)(=O)c1cc(Br)c(C)c(C(=O)O)c1. The maximum Gasteiger partial charge on any atom is 0.336 e. The smallest absolute Gasteiger partial charge is 0.336 e. The Balaban J connectivity index is 3.48. The van der Waals surface area contributed by atoms with E-state index in [2.05, 4.69) is 15.9 Å². The van der Waals surface area contributed by atoms with Crippen molar-refractivity contribution in [2.24, 2.45) is 0 Å². The molecule has 0 bridgehead atoms. The lowest BCUT2D eigenvalue weighted by Gasteiger charge is -2.26. The van der Waals surface area contributed by atoms with Crippen LogP contribution in [0, 0.1) is 6.92 Å². The van der Waals surface area contributed by atoms with E-state index in [0.717, 1.165) is 0 Å². The number of carboxylic acids is 1. The Hall–Kier alpha value is -0.920. The highest BCUT2D eigenvalue weighted by Gasteiger charge is 2.28. The van der Waals surface area contributed by atoms with Gasteiger partial charge in [0.15, 0.2) is 0 Å². The van der Waals surface area contributed by atoms with Crippen LogP contribution in [0.4, 0.5) is 0 Å². The topological polar surface area (TPSA) is 74.7 Å². The van der Waals surface area contributed by atoms with Crippen LogP contribution in [-0.4, -0.2) is 36.4 Å². The molecule has 21 heavy (non-hydrogen) atoms. The second kappa shape index (κ2) is 6.89. The van der Waals surface area contributed by atoms with Gasteiger partial charge in [-0.05, 0) is 38.0 Å². The summed E-state index contributed by atoms with van der Waals surface area (Å²) >= 11 is 3.24. The second-order valence-corrected chi connectivity index (χ2v) is 7.59. The predicted molar refractivity (Wildman–Crippen MR) is 85.2 cm³/mol. The third kappa shape index (κ3) is 3.64. The van der Waals surface area contributed by atoms with Crippen LogP contribution in [0.5, 0.6) is 0 Å². The number of halogens is 1. The first kappa shape index (κ1) is 18.1. The molecule has 1 unspecified atom stereocenters. The molecule has 0 saturated heterocycles. The summed E-state index contributed by atoms with van der Waals surface area (Å²) in [6.45, 7) is 7.49. The van der Waals surface area contributed by atoms with Crippen LogP contribution in [0.1, 0.15) is 43.1 Å². The van der Waals surface area contributed by atoms with Crippen LogP contribution in [0.2, 0.25) is 0 Å². The summed E-state index contributed by atoms with van der Waals surface area (Å²) in [4.78, 5) is 11.3. The van der Waals surface area contributed by atoms with Crippen molar-refractivity contribution in [1.82, 2.24) is 4.31 Å². The molecule has 0 radical (unpaired) electrons. The fraction of sp³-hybridized carbons (Fsp3) is 0.500. The Morgan fingerprint density at radius 1 is 1.38 bits per heavy atom. The van der Waals surface area contributed by atoms with E-state index in [1.165, 1.54) is 16.4 Å². The molecule has 0 aliphatic heterocycles. The van der Waals surface area contributed by atoms with Crippen molar-refractivity contribution < 1.29 is 18.3 Å². The summed E-state index contributed by atoms with van der Waals surface area (Å²) in [6.07, 6.45) is 0.686. The van der Waals surface area contributed by atoms with Gasteiger partial charge in [-0.15, -0.1) is 0 Å². The normalized spacial score (nSPS) is 13.4. The number of carboxylic acid groups (broad SMARTS) is 1. The monoisotopic (exact) mass is 377 g/mol. The van der Waals surface area contributed by atoms with Gasteiger partial charge >= 0.3 is 5.97 Å². The zero-order chi connectivity index (χ0) is 16.4. The van der Waals surface area contributed by atoms with Gasteiger partial charge in [-0.25, -0.2) is 13.2 Å². The summed E-state index contributed by atoms with van der Waals surface area (Å²) in [5, 5.41) is 9.20. The molecule has 1 aromatic carbocycles. The lowest BCUT2D eigenvalue weighted by atomic mass is 10.1. The molecule has 5 nitrogen and oxygen atoms in total. The van der Waals surface area contributed by atoms with Gasteiger partial charge in [0.1, 0.15) is 0 Å². The van der Waals surface area contributed by atoms with Crippen molar-refractivity contribution >= 4 is 31.9 Å². The first-order chi connectivity index (χ1) is 9.66. The Bertz CT molecular complexity index is 643. The average Bonchev–Trinajstić information content (AvgIpc) is 2.41. The Labute approximate surface area is 134 Å². The molecule has 0 spiro atoms. The third-order valence-corrected chi connectivity index (χ3v) is 6.44. The van der Waals surface area contributed by atoms with Crippen LogP contribution >= 0.6 is 15.9 Å². The van der Waals surface area contributed by atoms with E-state index in [0.29, 0.717) is 23.0 Å². The van der Waals surface area contributed by atoms with Crippen LogP contribution in [0.25, 0.3) is 0 Å². The predicted octanol–water partition coefficient (Wildman–Crippen LogP) is 3.26. The molecule has 0 heterocycles. The number of carbonyl (C=O) groups is 1. The van der Waals surface area contributed by atoms with Crippen LogP contribution < -0.4 is 0 Å². The fourth-order valence-electron chi connectivity index (χ4n) is 2.08. The van der Waals surface area contributed by atoms with Gasteiger partial charge < -0.3 is 5.11 Å². The lowest BCUT2D eigenvalue weighted by molar-refractivity contribution is 0.0695. The molecular formula is C14H20BrNO4S. The summed E-state index contributed by atoms with van der Waals surface area (Å²) in [5.74, 6) is -1.14. The molecule has 0 fully saturated rings. The van der Waals surface area contributed by atoms with E-state index in [1.54, 1.807) is 13.8 Å². The van der Waals surface area contributed by atoms with Gasteiger partial charge in [-0.2, -0.15) is 4.31 Å². The summed E-state index contributed by atoms with van der Waals surface area (Å²) < 4.78 is 27.3. The molecular weight excluding hydrogens is 358 g/mol. The van der Waals surface area contributed by atoms with E-state index >= 15 is 0 Å². The van der Waals surface area contributed by atoms with E-state index < -0.39 is 16.0 Å². The molecule has 0 amide bonds. The second-order valence-electron chi connectivity index (χ2n) is 4.85. The summed E-state index contributed by atoms with van der Waals surface area (Å²) in [7, 11) is -3.72. The number of sulfonamides is 1. The van der Waals surface area contributed by atoms with Gasteiger partial charge in [0.05, 0.1) is 10.5 Å². The zero-order valence-corrected chi connectivity index (χ0v) is 15.0. The Morgan fingerprint density at radius 3 is 2.38 bits per heavy atom. The minimum atomic E-state index is -3.72. The third-order valence-electron chi connectivity index (χ3n) is 3.55. The average molecular weight is 378 g/mol. The molecule has 0 aromatic heterocycles. The Morgan fingerprint density at radius 2 is 1.95 bits per heavy atom. The van der Waals surface area contributed by atoms with E-state index in [4.69, 9.17) is 0 Å². The van der Waals surface area contributed by atoms with E-state index in [9.17, 15) is 18.3 Å². The molecule has 1 atom stereocenters. The van der Waals surface area contributed by atoms with Crippen LogP contribution in [0.15, 0.2) is 21.5 Å². The summed E-state index contributed by atoms with van der Waals surface area (Å²) in [6, 6.07) is 2.54. The fourth-order valence-corrected chi connectivity index (χ4v) is 4.46. The lowest BCUT2D eigenvalue weighted by Crippen LogP contribution is -2.38. The highest BCUT2D eigenvalue weighted by atomic mass is 79.9. The zero-order valence-electron chi connectivity index (χ0n) is 12.6. The molecule has 7 heteroatoms. The first-order valence-electron chi connectivity index (χ1n) is 6.72. The minimum absolute atomic E-state index is 0.000440. The largest absolute Gasteiger partial charge is 0.478 e. The molecule has 1 rings (SSSR count). The number of hydrogen-bond acceptors (Lipinski definition) is 3. The van der Waals surface area contributed by atoms with Crippen molar-refractivity contribution in [3.05, 3.63) is 27.7 Å². The number of aromatic carboxylic acids is 1. The first-order valence-corrected chi connectivity index (χ1v) is 8.95. The molecule has 1 aromatic rings. The highest BCUT2D eigenvalue weighted by Crippen LogP contribution is 2.28. The number of benzene rings is 1. The minimum Gasteiger partial charge on any atom is -0.478 e. The standard InChI is InChI=1S/C14H20BrNO4S/c1-5-9(3)16(6-2)21(19,20)11-7-12(14(17)18)10(4)13(15)8-11/h7-9H,5-6H2,1-4H3,(H,17,18). The van der Waals surface area contributed by atoms with E-state index in [-0.39, 0.29) is 16.5 Å². The van der Waals surface area contributed by atoms with Gasteiger partial charge in [-0.3, -0.25) is 0 Å². The number of rotatable bonds is 6. The maximum absolute atomic E-state index is 12.7. The van der Waals surface area contributed by atoms with Crippen molar-refractivity contribution in [2.75, 3.05) is 6.54 Å². The highest BCUT2D eigenvalue weighted by molar-refractivity contribution is 9.10.